The number of nitrogens with one attached hydrogen (secondary N) is 1. The molecular weight excluding hydrogens is 386 g/mol. The van der Waals surface area contributed by atoms with Gasteiger partial charge in [0.05, 0.1) is 11.8 Å². The molecule has 0 aliphatic rings. The van der Waals surface area contributed by atoms with Gasteiger partial charge in [-0.3, -0.25) is 4.79 Å². The zero-order valence-corrected chi connectivity index (χ0v) is 20.5. The van der Waals surface area contributed by atoms with E-state index in [-0.39, 0.29) is 22.8 Å². The largest absolute Gasteiger partial charge is 0.413 e. The standard InChI is InChI=1S/C26H39NO2Si/c1-8-10-11-16-25(29-30(6,7)26(3,4)5)20(9-2)17-18-24(28)23-19-21-14-12-13-15-22(21)27-23/h8-9,12-15,19-20,25,27H,1-2,10-11,16-18H2,3-7H3/t20-,25-/m1/s1. The van der Waals surface area contributed by atoms with Crippen molar-refractivity contribution < 1.29 is 9.22 Å². The number of carbonyl (C=O) groups excluding carboxylic acids is 1. The molecule has 0 saturated heterocycles. The van der Waals surface area contributed by atoms with Gasteiger partial charge in [0.2, 0.25) is 0 Å². The summed E-state index contributed by atoms with van der Waals surface area (Å²) in [6.07, 6.45) is 8.29. The number of hydrogen-bond donors (Lipinski definition) is 1. The summed E-state index contributed by atoms with van der Waals surface area (Å²) in [6, 6.07) is 9.95. The monoisotopic (exact) mass is 425 g/mol. The number of ketones is 1. The van der Waals surface area contributed by atoms with E-state index in [0.29, 0.717) is 12.1 Å². The van der Waals surface area contributed by atoms with Gasteiger partial charge in [0.15, 0.2) is 14.1 Å². The molecule has 0 fully saturated rings. The number of aromatic nitrogens is 1. The van der Waals surface area contributed by atoms with E-state index in [4.69, 9.17) is 4.43 Å². The van der Waals surface area contributed by atoms with E-state index in [1.165, 1.54) is 0 Å². The van der Waals surface area contributed by atoms with Crippen molar-refractivity contribution in [3.8, 4) is 0 Å². The first-order valence-electron chi connectivity index (χ1n) is 11.1. The van der Waals surface area contributed by atoms with Crippen LogP contribution in [0.2, 0.25) is 18.1 Å². The van der Waals surface area contributed by atoms with E-state index >= 15 is 0 Å². The van der Waals surface area contributed by atoms with Gasteiger partial charge in [-0.1, -0.05) is 51.1 Å². The molecule has 30 heavy (non-hydrogen) atoms. The number of aromatic amines is 1. The zero-order chi connectivity index (χ0) is 22.4. The minimum Gasteiger partial charge on any atom is -0.413 e. The molecule has 0 unspecified atom stereocenters. The van der Waals surface area contributed by atoms with E-state index < -0.39 is 8.32 Å². The van der Waals surface area contributed by atoms with Gasteiger partial charge in [0.1, 0.15) is 0 Å². The first-order valence-corrected chi connectivity index (χ1v) is 14.0. The molecule has 1 aromatic carbocycles. The van der Waals surface area contributed by atoms with Crippen LogP contribution in [0.25, 0.3) is 10.9 Å². The number of rotatable bonds is 12. The molecule has 0 spiro atoms. The molecule has 2 aromatic rings. The van der Waals surface area contributed by atoms with Crippen molar-refractivity contribution in [2.24, 2.45) is 5.92 Å². The lowest BCUT2D eigenvalue weighted by Crippen LogP contribution is -2.45. The third-order valence-electron chi connectivity index (χ3n) is 6.46. The van der Waals surface area contributed by atoms with Gasteiger partial charge in [-0.2, -0.15) is 0 Å². The van der Waals surface area contributed by atoms with Crippen LogP contribution in [0.4, 0.5) is 0 Å². The predicted molar refractivity (Wildman–Crippen MR) is 132 cm³/mol. The number of carbonyl (C=O) groups is 1. The number of benzene rings is 1. The van der Waals surface area contributed by atoms with Crippen molar-refractivity contribution in [3.05, 3.63) is 61.3 Å². The molecular formula is C26H39NO2Si. The van der Waals surface area contributed by atoms with Crippen molar-refractivity contribution in [2.75, 3.05) is 0 Å². The average molecular weight is 426 g/mol. The molecule has 2 rings (SSSR count). The molecule has 3 nitrogen and oxygen atoms in total. The van der Waals surface area contributed by atoms with Crippen LogP contribution in [-0.4, -0.2) is 25.2 Å². The Morgan fingerprint density at radius 2 is 1.90 bits per heavy atom. The Morgan fingerprint density at radius 1 is 1.20 bits per heavy atom. The highest BCUT2D eigenvalue weighted by molar-refractivity contribution is 6.74. The summed E-state index contributed by atoms with van der Waals surface area (Å²) in [5, 5.41) is 1.22. The number of H-pyrrole nitrogens is 1. The van der Waals surface area contributed by atoms with Crippen molar-refractivity contribution >= 4 is 25.0 Å². The van der Waals surface area contributed by atoms with Crippen molar-refractivity contribution in [1.29, 1.82) is 0 Å². The van der Waals surface area contributed by atoms with Gasteiger partial charge in [-0.05, 0) is 55.9 Å². The van der Waals surface area contributed by atoms with Gasteiger partial charge >= 0.3 is 0 Å². The van der Waals surface area contributed by atoms with Crippen LogP contribution < -0.4 is 0 Å². The first-order chi connectivity index (χ1) is 14.1. The highest BCUT2D eigenvalue weighted by Gasteiger charge is 2.40. The Labute approximate surface area is 183 Å². The molecule has 0 radical (unpaired) electrons. The minimum absolute atomic E-state index is 0.0962. The summed E-state index contributed by atoms with van der Waals surface area (Å²) in [7, 11) is -1.91. The van der Waals surface area contributed by atoms with Gasteiger partial charge in [0, 0.05) is 23.2 Å². The van der Waals surface area contributed by atoms with Gasteiger partial charge in [-0.15, -0.1) is 13.2 Å². The van der Waals surface area contributed by atoms with Gasteiger partial charge < -0.3 is 9.41 Å². The van der Waals surface area contributed by atoms with Crippen LogP contribution in [0.3, 0.4) is 0 Å². The smallest absolute Gasteiger partial charge is 0.192 e. The summed E-state index contributed by atoms with van der Waals surface area (Å²) in [5.41, 5.74) is 1.69. The number of fused-ring (bicyclic) bond motifs is 1. The van der Waals surface area contributed by atoms with Gasteiger partial charge in [0.25, 0.3) is 0 Å². The molecule has 0 aliphatic heterocycles. The summed E-state index contributed by atoms with van der Waals surface area (Å²) >= 11 is 0. The van der Waals surface area contributed by atoms with E-state index in [9.17, 15) is 4.79 Å². The number of unbranched alkanes of at least 4 members (excludes halogenated alkanes) is 1. The van der Waals surface area contributed by atoms with Crippen molar-refractivity contribution in [3.63, 3.8) is 0 Å². The summed E-state index contributed by atoms with van der Waals surface area (Å²) in [6.45, 7) is 19.3. The molecule has 0 amide bonds. The topological polar surface area (TPSA) is 42.1 Å². The van der Waals surface area contributed by atoms with Crippen LogP contribution >= 0.6 is 0 Å². The van der Waals surface area contributed by atoms with Crippen LogP contribution in [0, 0.1) is 5.92 Å². The molecule has 1 N–H and O–H groups in total. The molecule has 0 saturated carbocycles. The fraction of sp³-hybridized carbons (Fsp3) is 0.500. The Balaban J connectivity index is 2.09. The van der Waals surface area contributed by atoms with Gasteiger partial charge in [-0.25, -0.2) is 0 Å². The van der Waals surface area contributed by atoms with E-state index in [1.807, 2.05) is 42.5 Å². The number of Topliss-reactive ketones (excluding diaryl/α,β-unsaturated/α-hetero) is 1. The Kier molecular flexibility index (Phi) is 8.45. The van der Waals surface area contributed by atoms with E-state index in [0.717, 1.165) is 36.6 Å². The quantitative estimate of drug-likeness (QED) is 0.164. The maximum Gasteiger partial charge on any atom is 0.192 e. The maximum absolute atomic E-state index is 12.9. The summed E-state index contributed by atoms with van der Waals surface area (Å²) in [4.78, 5) is 16.1. The van der Waals surface area contributed by atoms with E-state index in [1.54, 1.807) is 0 Å². The molecule has 0 bridgehead atoms. The summed E-state index contributed by atoms with van der Waals surface area (Å²) in [5.74, 6) is 0.312. The molecule has 0 aliphatic carbocycles. The lowest BCUT2D eigenvalue weighted by atomic mass is 9.92. The Morgan fingerprint density at radius 3 is 2.50 bits per heavy atom. The predicted octanol–water partition coefficient (Wildman–Crippen LogP) is 7.68. The maximum atomic E-state index is 12.9. The molecule has 1 heterocycles. The minimum atomic E-state index is -1.91. The molecule has 4 heteroatoms. The SMILES string of the molecule is C=CCCC[C@@H](O[Si](C)(C)C(C)(C)C)[C@H](C=C)CCC(=O)c1cc2ccccc2[nH]1. The lowest BCUT2D eigenvalue weighted by Gasteiger charge is -2.41. The highest BCUT2D eigenvalue weighted by Crippen LogP contribution is 2.39. The first kappa shape index (κ1) is 24.4. The normalized spacial score (nSPS) is 14.4. The van der Waals surface area contributed by atoms with E-state index in [2.05, 4.69) is 52.0 Å². The number of allylic oxidation sites excluding steroid dienone is 1. The number of hydrogen-bond acceptors (Lipinski definition) is 2. The van der Waals surface area contributed by atoms with Crippen LogP contribution in [0.1, 0.15) is 63.4 Å². The second kappa shape index (κ2) is 10.4. The van der Waals surface area contributed by atoms with Crippen molar-refractivity contribution in [2.45, 2.75) is 77.1 Å². The Hall–Kier alpha value is -1.91. The fourth-order valence-corrected chi connectivity index (χ4v) is 4.89. The molecule has 164 valence electrons. The van der Waals surface area contributed by atoms with Crippen LogP contribution in [0.15, 0.2) is 55.6 Å². The lowest BCUT2D eigenvalue weighted by molar-refractivity contribution is 0.0935. The molecule has 1 aromatic heterocycles. The zero-order valence-electron chi connectivity index (χ0n) is 19.5. The third kappa shape index (κ3) is 6.29. The highest BCUT2D eigenvalue weighted by atomic mass is 28.4. The second-order valence-corrected chi connectivity index (χ2v) is 14.5. The molecule has 2 atom stereocenters. The average Bonchev–Trinajstić information content (AvgIpc) is 3.11. The summed E-state index contributed by atoms with van der Waals surface area (Å²) < 4.78 is 6.80. The third-order valence-corrected chi connectivity index (χ3v) is 11.0. The second-order valence-electron chi connectivity index (χ2n) is 9.77. The van der Waals surface area contributed by atoms with Crippen molar-refractivity contribution in [1.82, 2.24) is 4.98 Å². The Bertz CT molecular complexity index is 826. The van der Waals surface area contributed by atoms with Crippen LogP contribution in [0.5, 0.6) is 0 Å². The number of para-hydroxylation sites is 1. The fourth-order valence-electron chi connectivity index (χ4n) is 3.49. The van der Waals surface area contributed by atoms with Crippen LogP contribution in [-0.2, 0) is 4.43 Å².